The standard InChI is InChI=1S/C11H10N2O2/c1-7-6-10-9(4-3-5-12-10)8(2)11(7)13(14)15/h3-6H,1-2H3. The van der Waals surface area contributed by atoms with Crippen molar-refractivity contribution in [1.82, 2.24) is 4.98 Å². The molecule has 0 saturated carbocycles. The molecule has 76 valence electrons. The summed E-state index contributed by atoms with van der Waals surface area (Å²) in [6, 6.07) is 5.39. The number of benzene rings is 1. The van der Waals surface area contributed by atoms with Crippen LogP contribution in [-0.2, 0) is 0 Å². The lowest BCUT2D eigenvalue weighted by atomic mass is 10.0. The lowest BCUT2D eigenvalue weighted by Gasteiger charge is -2.04. The van der Waals surface area contributed by atoms with Crippen LogP contribution in [0.25, 0.3) is 10.9 Å². The maximum absolute atomic E-state index is 10.9. The predicted octanol–water partition coefficient (Wildman–Crippen LogP) is 2.76. The van der Waals surface area contributed by atoms with Crippen LogP contribution in [-0.4, -0.2) is 9.91 Å². The summed E-state index contributed by atoms with van der Waals surface area (Å²) in [6.07, 6.45) is 1.69. The van der Waals surface area contributed by atoms with E-state index in [0.717, 1.165) is 10.9 Å². The molecule has 0 unspecified atom stereocenters. The van der Waals surface area contributed by atoms with Gasteiger partial charge in [0.15, 0.2) is 0 Å². The van der Waals surface area contributed by atoms with E-state index in [-0.39, 0.29) is 10.6 Å². The number of nitro groups is 1. The maximum Gasteiger partial charge on any atom is 0.275 e. The number of rotatable bonds is 1. The fourth-order valence-electron chi connectivity index (χ4n) is 1.83. The first-order chi connectivity index (χ1) is 7.11. The molecule has 4 heteroatoms. The molecule has 4 nitrogen and oxygen atoms in total. The molecule has 0 atom stereocenters. The quantitative estimate of drug-likeness (QED) is 0.527. The Hall–Kier alpha value is -1.97. The minimum atomic E-state index is -0.336. The first kappa shape index (κ1) is 9.58. The number of aromatic nitrogens is 1. The summed E-state index contributed by atoms with van der Waals surface area (Å²) in [5.74, 6) is 0. The molecule has 0 saturated heterocycles. The van der Waals surface area contributed by atoms with Crippen molar-refractivity contribution in [3.05, 3.63) is 45.6 Å². The highest BCUT2D eigenvalue weighted by atomic mass is 16.6. The van der Waals surface area contributed by atoms with E-state index in [2.05, 4.69) is 4.98 Å². The summed E-state index contributed by atoms with van der Waals surface area (Å²) in [4.78, 5) is 14.7. The maximum atomic E-state index is 10.9. The van der Waals surface area contributed by atoms with Gasteiger partial charge in [0.25, 0.3) is 5.69 Å². The van der Waals surface area contributed by atoms with Gasteiger partial charge in [-0.15, -0.1) is 0 Å². The molecule has 0 aliphatic carbocycles. The van der Waals surface area contributed by atoms with E-state index in [1.165, 1.54) is 0 Å². The van der Waals surface area contributed by atoms with Crippen molar-refractivity contribution in [2.24, 2.45) is 0 Å². The topological polar surface area (TPSA) is 56.0 Å². The van der Waals surface area contributed by atoms with E-state index in [0.29, 0.717) is 11.1 Å². The number of hydrogen-bond acceptors (Lipinski definition) is 3. The van der Waals surface area contributed by atoms with E-state index < -0.39 is 0 Å². The van der Waals surface area contributed by atoms with E-state index >= 15 is 0 Å². The average molecular weight is 202 g/mol. The second kappa shape index (κ2) is 3.31. The first-order valence-corrected chi connectivity index (χ1v) is 4.60. The third kappa shape index (κ3) is 1.44. The monoisotopic (exact) mass is 202 g/mol. The lowest BCUT2D eigenvalue weighted by Crippen LogP contribution is -1.96. The van der Waals surface area contributed by atoms with Crippen LogP contribution in [0, 0.1) is 24.0 Å². The minimum absolute atomic E-state index is 0.190. The first-order valence-electron chi connectivity index (χ1n) is 4.60. The summed E-state index contributed by atoms with van der Waals surface area (Å²) in [6.45, 7) is 3.49. The normalized spacial score (nSPS) is 10.5. The zero-order chi connectivity index (χ0) is 11.0. The van der Waals surface area contributed by atoms with Crippen LogP contribution >= 0.6 is 0 Å². The second-order valence-electron chi connectivity index (χ2n) is 3.49. The molecule has 2 rings (SSSR count). The van der Waals surface area contributed by atoms with E-state index in [4.69, 9.17) is 0 Å². The number of fused-ring (bicyclic) bond motifs is 1. The smallest absolute Gasteiger partial charge is 0.258 e. The molecule has 0 N–H and O–H groups in total. The molecule has 1 aromatic heterocycles. The highest BCUT2D eigenvalue weighted by Crippen LogP contribution is 2.29. The van der Waals surface area contributed by atoms with Gasteiger partial charge in [-0.1, -0.05) is 6.07 Å². The SMILES string of the molecule is Cc1cc2ncccc2c(C)c1[N+](=O)[O-]. The Labute approximate surface area is 86.7 Å². The molecule has 2 aromatic rings. The highest BCUT2D eigenvalue weighted by molar-refractivity contribution is 5.86. The number of nitro benzene ring substituents is 1. The molecule has 1 aromatic carbocycles. The molecule has 0 radical (unpaired) electrons. The van der Waals surface area contributed by atoms with Gasteiger partial charge in [0.1, 0.15) is 0 Å². The number of hydrogen-bond donors (Lipinski definition) is 0. The van der Waals surface area contributed by atoms with Crippen LogP contribution in [0.4, 0.5) is 5.69 Å². The average Bonchev–Trinajstić information content (AvgIpc) is 2.17. The van der Waals surface area contributed by atoms with E-state index in [9.17, 15) is 10.1 Å². The zero-order valence-electron chi connectivity index (χ0n) is 8.52. The number of nitrogens with zero attached hydrogens (tertiary/aromatic N) is 2. The Morgan fingerprint density at radius 3 is 2.80 bits per heavy atom. The highest BCUT2D eigenvalue weighted by Gasteiger charge is 2.17. The second-order valence-corrected chi connectivity index (χ2v) is 3.49. The van der Waals surface area contributed by atoms with E-state index in [1.807, 2.05) is 6.07 Å². The van der Waals surface area contributed by atoms with Gasteiger partial charge in [-0.2, -0.15) is 0 Å². The molecule has 0 aliphatic rings. The Balaban J connectivity index is 2.90. The molecule has 0 spiro atoms. The fourth-order valence-corrected chi connectivity index (χ4v) is 1.83. The molecule has 0 bridgehead atoms. The molecule has 0 aliphatic heterocycles. The predicted molar refractivity (Wildman–Crippen MR) is 57.9 cm³/mol. The van der Waals surface area contributed by atoms with E-state index in [1.54, 1.807) is 32.2 Å². The van der Waals surface area contributed by atoms with Crippen molar-refractivity contribution in [3.63, 3.8) is 0 Å². The van der Waals surface area contributed by atoms with Crippen molar-refractivity contribution < 1.29 is 4.92 Å². The molecule has 1 heterocycles. The summed E-state index contributed by atoms with van der Waals surface area (Å²) in [5, 5.41) is 11.7. The Bertz CT molecular complexity index is 550. The fraction of sp³-hybridized carbons (Fsp3) is 0.182. The van der Waals surface area contributed by atoms with Gasteiger partial charge in [-0.25, -0.2) is 0 Å². The van der Waals surface area contributed by atoms with Gasteiger partial charge in [0.2, 0.25) is 0 Å². The van der Waals surface area contributed by atoms with Gasteiger partial charge in [-0.3, -0.25) is 15.1 Å². The number of pyridine rings is 1. The van der Waals surface area contributed by atoms with Crippen molar-refractivity contribution in [3.8, 4) is 0 Å². The zero-order valence-corrected chi connectivity index (χ0v) is 8.52. The van der Waals surface area contributed by atoms with Gasteiger partial charge < -0.3 is 0 Å². The Morgan fingerprint density at radius 1 is 1.40 bits per heavy atom. The van der Waals surface area contributed by atoms with Crippen LogP contribution in [0.2, 0.25) is 0 Å². The molecular formula is C11H10N2O2. The summed E-state index contributed by atoms with van der Waals surface area (Å²) < 4.78 is 0. The van der Waals surface area contributed by atoms with Crippen molar-refractivity contribution in [2.75, 3.05) is 0 Å². The largest absolute Gasteiger partial charge is 0.275 e. The van der Waals surface area contributed by atoms with Crippen molar-refractivity contribution in [1.29, 1.82) is 0 Å². The number of aryl methyl sites for hydroxylation is 2. The van der Waals surface area contributed by atoms with Crippen LogP contribution in [0.15, 0.2) is 24.4 Å². The summed E-state index contributed by atoms with van der Waals surface area (Å²) in [7, 11) is 0. The van der Waals surface area contributed by atoms with Crippen molar-refractivity contribution in [2.45, 2.75) is 13.8 Å². The summed E-state index contributed by atoms with van der Waals surface area (Å²) >= 11 is 0. The third-order valence-corrected chi connectivity index (χ3v) is 2.51. The lowest BCUT2D eigenvalue weighted by molar-refractivity contribution is -0.385. The van der Waals surface area contributed by atoms with Gasteiger partial charge in [-0.05, 0) is 26.0 Å². The van der Waals surface area contributed by atoms with Crippen LogP contribution in [0.1, 0.15) is 11.1 Å². The van der Waals surface area contributed by atoms with Gasteiger partial charge >= 0.3 is 0 Å². The van der Waals surface area contributed by atoms with Gasteiger partial charge in [0, 0.05) is 22.7 Å². The Morgan fingerprint density at radius 2 is 2.13 bits per heavy atom. The van der Waals surface area contributed by atoms with Crippen LogP contribution in [0.3, 0.4) is 0 Å². The van der Waals surface area contributed by atoms with Crippen LogP contribution < -0.4 is 0 Å². The van der Waals surface area contributed by atoms with Crippen LogP contribution in [0.5, 0.6) is 0 Å². The molecular weight excluding hydrogens is 192 g/mol. The summed E-state index contributed by atoms with van der Waals surface area (Å²) in [5.41, 5.74) is 2.33. The molecule has 0 fully saturated rings. The molecule has 0 amide bonds. The Kier molecular flexibility index (Phi) is 2.11. The molecule has 15 heavy (non-hydrogen) atoms. The van der Waals surface area contributed by atoms with Crippen molar-refractivity contribution >= 4 is 16.6 Å². The third-order valence-electron chi connectivity index (χ3n) is 2.51. The van der Waals surface area contributed by atoms with Gasteiger partial charge in [0.05, 0.1) is 10.4 Å². The minimum Gasteiger partial charge on any atom is -0.258 e.